The van der Waals surface area contributed by atoms with Crippen molar-refractivity contribution in [2.24, 2.45) is 0 Å². The highest BCUT2D eigenvalue weighted by Crippen LogP contribution is 2.26. The summed E-state index contributed by atoms with van der Waals surface area (Å²) in [6.45, 7) is 1.28. The first-order valence-electron chi connectivity index (χ1n) is 8.79. The van der Waals surface area contributed by atoms with Crippen LogP contribution in [0.2, 0.25) is 10.0 Å². The van der Waals surface area contributed by atoms with Gasteiger partial charge in [0.1, 0.15) is 5.75 Å². The minimum atomic E-state index is -0.483. The van der Waals surface area contributed by atoms with Gasteiger partial charge in [-0.2, -0.15) is 0 Å². The van der Waals surface area contributed by atoms with Crippen molar-refractivity contribution in [3.8, 4) is 5.75 Å². The van der Waals surface area contributed by atoms with Crippen LogP contribution in [0.3, 0.4) is 0 Å². The van der Waals surface area contributed by atoms with E-state index in [1.807, 2.05) is 0 Å². The van der Waals surface area contributed by atoms with E-state index in [9.17, 15) is 14.4 Å². The van der Waals surface area contributed by atoms with E-state index in [2.05, 4.69) is 10.6 Å². The first-order chi connectivity index (χ1) is 14.3. The zero-order chi connectivity index (χ0) is 21.7. The third kappa shape index (κ3) is 5.37. The van der Waals surface area contributed by atoms with Crippen molar-refractivity contribution >= 4 is 52.4 Å². The molecule has 2 amide bonds. The molecule has 0 atom stereocenters. The molecular formula is C22H16Cl2N2O4. The number of para-hydroxylation sites is 2. The van der Waals surface area contributed by atoms with Gasteiger partial charge in [0.05, 0.1) is 21.4 Å². The van der Waals surface area contributed by atoms with Crippen LogP contribution in [0.5, 0.6) is 5.75 Å². The molecule has 6 nitrogen and oxygen atoms in total. The summed E-state index contributed by atoms with van der Waals surface area (Å²) in [6, 6.07) is 17.5. The summed E-state index contributed by atoms with van der Waals surface area (Å²) in [5.74, 6) is -1.06. The molecular weight excluding hydrogens is 427 g/mol. The maximum Gasteiger partial charge on any atom is 0.308 e. The fourth-order valence-corrected chi connectivity index (χ4v) is 2.89. The summed E-state index contributed by atoms with van der Waals surface area (Å²) in [5, 5.41) is 6.09. The van der Waals surface area contributed by atoms with Gasteiger partial charge in [0.25, 0.3) is 11.8 Å². The zero-order valence-electron chi connectivity index (χ0n) is 15.7. The van der Waals surface area contributed by atoms with Gasteiger partial charge in [-0.05, 0) is 48.5 Å². The molecule has 0 saturated heterocycles. The predicted octanol–water partition coefficient (Wildman–Crippen LogP) is 5.42. The number of carbonyl (C=O) groups is 3. The Morgan fingerprint density at radius 2 is 1.33 bits per heavy atom. The third-order valence-electron chi connectivity index (χ3n) is 3.96. The molecule has 0 spiro atoms. The van der Waals surface area contributed by atoms with Crippen LogP contribution in [0.4, 0.5) is 11.4 Å². The van der Waals surface area contributed by atoms with Gasteiger partial charge in [-0.1, -0.05) is 41.4 Å². The van der Waals surface area contributed by atoms with E-state index in [-0.39, 0.29) is 10.8 Å². The second-order valence-electron chi connectivity index (χ2n) is 6.20. The van der Waals surface area contributed by atoms with E-state index in [1.165, 1.54) is 25.1 Å². The number of amides is 2. The molecule has 30 heavy (non-hydrogen) atoms. The largest absolute Gasteiger partial charge is 0.427 e. The first kappa shape index (κ1) is 21.4. The van der Waals surface area contributed by atoms with Crippen molar-refractivity contribution in [1.29, 1.82) is 0 Å². The summed E-state index contributed by atoms with van der Waals surface area (Å²) >= 11 is 11.9. The van der Waals surface area contributed by atoms with E-state index in [0.29, 0.717) is 27.5 Å². The molecule has 0 radical (unpaired) electrons. The van der Waals surface area contributed by atoms with Gasteiger partial charge in [0.2, 0.25) is 0 Å². The molecule has 2 N–H and O–H groups in total. The molecule has 0 aliphatic rings. The van der Waals surface area contributed by atoms with Crippen molar-refractivity contribution in [2.75, 3.05) is 10.6 Å². The second-order valence-corrected chi connectivity index (χ2v) is 7.02. The Balaban J connectivity index is 1.78. The molecule has 0 aliphatic carbocycles. The molecule has 0 unspecified atom stereocenters. The number of ether oxygens (including phenoxy) is 1. The molecule has 3 aromatic rings. The molecule has 3 aromatic carbocycles. The molecule has 0 heterocycles. The van der Waals surface area contributed by atoms with Crippen LogP contribution in [0.25, 0.3) is 0 Å². The number of benzene rings is 3. The molecule has 0 bridgehead atoms. The van der Waals surface area contributed by atoms with Gasteiger partial charge in [0, 0.05) is 18.1 Å². The molecule has 3 rings (SSSR count). The topological polar surface area (TPSA) is 84.5 Å². The van der Waals surface area contributed by atoms with Crippen LogP contribution in [0, 0.1) is 0 Å². The highest BCUT2D eigenvalue weighted by atomic mass is 35.5. The summed E-state index contributed by atoms with van der Waals surface area (Å²) in [7, 11) is 0. The number of carbonyl (C=O) groups excluding carboxylic acids is 3. The number of anilines is 2. The first-order valence-corrected chi connectivity index (χ1v) is 9.54. The molecule has 0 saturated carbocycles. The van der Waals surface area contributed by atoms with Crippen molar-refractivity contribution in [2.45, 2.75) is 6.92 Å². The number of esters is 1. The normalized spacial score (nSPS) is 10.2. The Morgan fingerprint density at radius 1 is 0.733 bits per heavy atom. The third-order valence-corrected chi connectivity index (χ3v) is 4.70. The summed E-state index contributed by atoms with van der Waals surface area (Å²) in [4.78, 5) is 36.3. The number of nitrogens with one attached hydrogen (secondary N) is 2. The minimum absolute atomic E-state index is 0.261. The fourth-order valence-electron chi connectivity index (χ4n) is 2.59. The SMILES string of the molecule is CC(=O)Oc1cccc(C(=O)Nc2ccccc2NC(=O)c2ccc(Cl)c(Cl)c2)c1. The Morgan fingerprint density at radius 3 is 1.90 bits per heavy atom. The number of rotatable bonds is 5. The van der Waals surface area contributed by atoms with E-state index in [0.717, 1.165) is 0 Å². The Kier molecular flexibility index (Phi) is 6.72. The lowest BCUT2D eigenvalue weighted by atomic mass is 10.1. The molecule has 8 heteroatoms. The fraction of sp³-hybridized carbons (Fsp3) is 0.0455. The lowest BCUT2D eigenvalue weighted by Gasteiger charge is -2.13. The van der Waals surface area contributed by atoms with Gasteiger partial charge in [0.15, 0.2) is 0 Å². The summed E-state index contributed by atoms with van der Waals surface area (Å²) in [5.41, 5.74) is 1.41. The molecule has 0 aliphatic heterocycles. The minimum Gasteiger partial charge on any atom is -0.427 e. The average Bonchev–Trinajstić information content (AvgIpc) is 2.71. The monoisotopic (exact) mass is 442 g/mol. The Labute approximate surface area is 182 Å². The van der Waals surface area contributed by atoms with Crippen LogP contribution in [-0.4, -0.2) is 17.8 Å². The van der Waals surface area contributed by atoms with Crippen LogP contribution in [-0.2, 0) is 4.79 Å². The van der Waals surface area contributed by atoms with Gasteiger partial charge in [-0.25, -0.2) is 0 Å². The smallest absolute Gasteiger partial charge is 0.308 e. The maximum atomic E-state index is 12.6. The van der Waals surface area contributed by atoms with E-state index >= 15 is 0 Å². The average molecular weight is 443 g/mol. The predicted molar refractivity (Wildman–Crippen MR) is 117 cm³/mol. The second kappa shape index (κ2) is 9.43. The van der Waals surface area contributed by atoms with Crippen molar-refractivity contribution < 1.29 is 19.1 Å². The van der Waals surface area contributed by atoms with Crippen molar-refractivity contribution in [3.05, 3.63) is 87.9 Å². The van der Waals surface area contributed by atoms with Crippen molar-refractivity contribution in [3.63, 3.8) is 0 Å². The zero-order valence-corrected chi connectivity index (χ0v) is 17.3. The van der Waals surface area contributed by atoms with Gasteiger partial charge in [-0.3, -0.25) is 14.4 Å². The van der Waals surface area contributed by atoms with E-state index < -0.39 is 17.8 Å². The van der Waals surface area contributed by atoms with Crippen LogP contribution >= 0.6 is 23.2 Å². The number of hydrogen-bond donors (Lipinski definition) is 2. The summed E-state index contributed by atoms with van der Waals surface area (Å²) < 4.78 is 5.00. The van der Waals surface area contributed by atoms with Gasteiger partial charge >= 0.3 is 5.97 Å². The van der Waals surface area contributed by atoms with Crippen LogP contribution < -0.4 is 15.4 Å². The van der Waals surface area contributed by atoms with Crippen molar-refractivity contribution in [1.82, 2.24) is 0 Å². The number of halogens is 2. The molecule has 152 valence electrons. The van der Waals surface area contributed by atoms with Gasteiger partial charge < -0.3 is 15.4 Å². The van der Waals surface area contributed by atoms with E-state index in [4.69, 9.17) is 27.9 Å². The lowest BCUT2D eigenvalue weighted by Crippen LogP contribution is -2.17. The Hall–Kier alpha value is -3.35. The molecule has 0 aromatic heterocycles. The Bertz CT molecular complexity index is 1130. The number of hydrogen-bond acceptors (Lipinski definition) is 4. The summed E-state index contributed by atoms with van der Waals surface area (Å²) in [6.07, 6.45) is 0. The van der Waals surface area contributed by atoms with Crippen LogP contribution in [0.15, 0.2) is 66.7 Å². The maximum absolute atomic E-state index is 12.6. The lowest BCUT2D eigenvalue weighted by molar-refractivity contribution is -0.131. The standard InChI is InChI=1S/C22H16Cl2N2O4/c1-13(27)30-16-6-4-5-14(11-16)21(28)25-19-7-2-3-8-20(19)26-22(29)15-9-10-17(23)18(24)12-15/h2-12H,1H3,(H,25,28)(H,26,29). The molecule has 0 fully saturated rings. The van der Waals surface area contributed by atoms with Gasteiger partial charge in [-0.15, -0.1) is 0 Å². The quantitative estimate of drug-likeness (QED) is 0.407. The highest BCUT2D eigenvalue weighted by Gasteiger charge is 2.14. The highest BCUT2D eigenvalue weighted by molar-refractivity contribution is 6.42. The van der Waals surface area contributed by atoms with Crippen LogP contribution in [0.1, 0.15) is 27.6 Å². The van der Waals surface area contributed by atoms with E-state index in [1.54, 1.807) is 48.5 Å².